The zero-order chi connectivity index (χ0) is 10.8. The molecule has 4 heteroatoms. The van der Waals surface area contributed by atoms with Crippen molar-refractivity contribution in [1.82, 2.24) is 4.90 Å². The molecule has 1 amide bonds. The van der Waals surface area contributed by atoms with E-state index in [1.807, 2.05) is 0 Å². The van der Waals surface area contributed by atoms with Gasteiger partial charge < -0.3 is 10.0 Å². The first-order valence-corrected chi connectivity index (χ1v) is 6.26. The van der Waals surface area contributed by atoms with Gasteiger partial charge in [0.1, 0.15) is 5.88 Å². The Morgan fingerprint density at radius 2 is 2.13 bits per heavy atom. The fourth-order valence-electron chi connectivity index (χ4n) is 2.34. The van der Waals surface area contributed by atoms with Crippen LogP contribution in [0.25, 0.3) is 0 Å². The molecule has 1 saturated heterocycles. The van der Waals surface area contributed by atoms with E-state index < -0.39 is 0 Å². The van der Waals surface area contributed by atoms with Gasteiger partial charge in [0.05, 0.1) is 6.10 Å². The molecule has 1 heterocycles. The van der Waals surface area contributed by atoms with Gasteiger partial charge in [-0.15, -0.1) is 11.6 Å². The minimum absolute atomic E-state index is 0.00404. The molecule has 2 atom stereocenters. The number of aliphatic hydroxyl groups is 1. The normalized spacial score (nSPS) is 31.7. The van der Waals surface area contributed by atoms with Crippen molar-refractivity contribution < 1.29 is 9.90 Å². The summed E-state index contributed by atoms with van der Waals surface area (Å²) in [5.74, 6) is 1.14. The lowest BCUT2D eigenvalue weighted by Crippen LogP contribution is -2.46. The van der Waals surface area contributed by atoms with Crippen molar-refractivity contribution in [2.45, 2.75) is 31.8 Å². The second-order valence-corrected chi connectivity index (χ2v) is 5.04. The van der Waals surface area contributed by atoms with Crippen LogP contribution < -0.4 is 0 Å². The van der Waals surface area contributed by atoms with E-state index in [0.717, 1.165) is 12.3 Å². The molecule has 0 aromatic carbocycles. The first kappa shape index (κ1) is 11.2. The predicted molar refractivity (Wildman–Crippen MR) is 58.8 cm³/mol. The Morgan fingerprint density at radius 1 is 1.40 bits per heavy atom. The number of hydrogen-bond donors (Lipinski definition) is 1. The molecule has 0 radical (unpaired) electrons. The Kier molecular flexibility index (Phi) is 3.52. The highest BCUT2D eigenvalue weighted by molar-refractivity contribution is 6.27. The Hall–Kier alpha value is -0.280. The van der Waals surface area contributed by atoms with E-state index >= 15 is 0 Å². The molecule has 86 valence electrons. The molecular weight excluding hydrogens is 214 g/mol. The van der Waals surface area contributed by atoms with E-state index in [2.05, 4.69) is 0 Å². The third-order valence-corrected chi connectivity index (χ3v) is 3.72. The van der Waals surface area contributed by atoms with Gasteiger partial charge in [-0.2, -0.15) is 0 Å². The minimum Gasteiger partial charge on any atom is -0.393 e. The highest BCUT2D eigenvalue weighted by Gasteiger charge is 2.34. The van der Waals surface area contributed by atoms with Crippen LogP contribution in [0.5, 0.6) is 0 Å². The van der Waals surface area contributed by atoms with E-state index in [-0.39, 0.29) is 23.8 Å². The van der Waals surface area contributed by atoms with Gasteiger partial charge in [0, 0.05) is 19.0 Å². The molecule has 0 unspecified atom stereocenters. The Bertz CT molecular complexity index is 243. The standard InChI is InChI=1S/C11H18ClNO2/c12-6-11(15)13-4-3-10(14)9(7-13)5-8-1-2-8/h8-10,14H,1-7H2/t9-,10-/m0/s1. The Balaban J connectivity index is 1.87. The summed E-state index contributed by atoms with van der Waals surface area (Å²) in [7, 11) is 0. The quantitative estimate of drug-likeness (QED) is 0.743. The van der Waals surface area contributed by atoms with E-state index in [1.54, 1.807) is 4.90 Å². The molecule has 1 N–H and O–H groups in total. The van der Waals surface area contributed by atoms with E-state index in [0.29, 0.717) is 19.5 Å². The van der Waals surface area contributed by atoms with Crippen molar-refractivity contribution in [3.8, 4) is 0 Å². The molecule has 2 aliphatic rings. The van der Waals surface area contributed by atoms with Crippen LogP contribution in [0, 0.1) is 11.8 Å². The molecular formula is C11H18ClNO2. The van der Waals surface area contributed by atoms with Crippen LogP contribution in [0.4, 0.5) is 0 Å². The van der Waals surface area contributed by atoms with Gasteiger partial charge in [-0.25, -0.2) is 0 Å². The molecule has 2 rings (SSSR count). The van der Waals surface area contributed by atoms with Crippen LogP contribution in [0.2, 0.25) is 0 Å². The van der Waals surface area contributed by atoms with Gasteiger partial charge in [0.2, 0.25) is 5.91 Å². The van der Waals surface area contributed by atoms with Gasteiger partial charge in [-0.3, -0.25) is 4.79 Å². The van der Waals surface area contributed by atoms with Crippen LogP contribution in [-0.2, 0) is 4.79 Å². The van der Waals surface area contributed by atoms with Crippen molar-refractivity contribution in [1.29, 1.82) is 0 Å². The zero-order valence-electron chi connectivity index (χ0n) is 8.86. The summed E-state index contributed by atoms with van der Waals surface area (Å²) >= 11 is 5.53. The summed E-state index contributed by atoms with van der Waals surface area (Å²) in [6.45, 7) is 1.36. The summed E-state index contributed by atoms with van der Waals surface area (Å²) in [6.07, 6.45) is 4.16. The molecule has 0 aromatic rings. The fraction of sp³-hybridized carbons (Fsp3) is 0.909. The number of carbonyl (C=O) groups is 1. The van der Waals surface area contributed by atoms with E-state index in [1.165, 1.54) is 12.8 Å². The van der Waals surface area contributed by atoms with Crippen molar-refractivity contribution in [3.05, 3.63) is 0 Å². The minimum atomic E-state index is -0.218. The van der Waals surface area contributed by atoms with Crippen LogP contribution >= 0.6 is 11.6 Å². The van der Waals surface area contributed by atoms with Gasteiger partial charge in [0.25, 0.3) is 0 Å². The second kappa shape index (κ2) is 4.71. The molecule has 2 fully saturated rings. The molecule has 1 saturated carbocycles. The van der Waals surface area contributed by atoms with Crippen molar-refractivity contribution >= 4 is 17.5 Å². The number of carbonyl (C=O) groups excluding carboxylic acids is 1. The van der Waals surface area contributed by atoms with Crippen LogP contribution in [-0.4, -0.2) is 41.0 Å². The number of hydrogen-bond acceptors (Lipinski definition) is 2. The molecule has 1 aliphatic carbocycles. The maximum atomic E-state index is 11.4. The summed E-state index contributed by atoms with van der Waals surface area (Å²) in [6, 6.07) is 0. The Morgan fingerprint density at radius 3 is 2.73 bits per heavy atom. The third-order valence-electron chi connectivity index (χ3n) is 3.49. The molecule has 15 heavy (non-hydrogen) atoms. The average Bonchev–Trinajstić information content (AvgIpc) is 3.04. The first-order valence-electron chi connectivity index (χ1n) is 5.72. The lowest BCUT2D eigenvalue weighted by Gasteiger charge is -2.36. The monoisotopic (exact) mass is 231 g/mol. The number of likely N-dealkylation sites (tertiary alicyclic amines) is 1. The first-order chi connectivity index (χ1) is 7.20. The predicted octanol–water partition coefficient (Wildman–Crippen LogP) is 1.23. The number of halogens is 1. The highest BCUT2D eigenvalue weighted by atomic mass is 35.5. The maximum Gasteiger partial charge on any atom is 0.237 e. The number of rotatable bonds is 3. The smallest absolute Gasteiger partial charge is 0.237 e. The van der Waals surface area contributed by atoms with Crippen LogP contribution in [0.1, 0.15) is 25.7 Å². The van der Waals surface area contributed by atoms with Gasteiger partial charge in [-0.1, -0.05) is 12.8 Å². The summed E-state index contributed by atoms with van der Waals surface area (Å²) in [4.78, 5) is 13.2. The van der Waals surface area contributed by atoms with Gasteiger partial charge in [-0.05, 0) is 18.8 Å². The van der Waals surface area contributed by atoms with Gasteiger partial charge >= 0.3 is 0 Å². The van der Waals surface area contributed by atoms with Crippen molar-refractivity contribution in [2.24, 2.45) is 11.8 Å². The summed E-state index contributed by atoms with van der Waals surface area (Å²) < 4.78 is 0. The molecule has 0 spiro atoms. The Labute approximate surface area is 95.4 Å². The van der Waals surface area contributed by atoms with E-state index in [9.17, 15) is 9.90 Å². The number of nitrogens with zero attached hydrogens (tertiary/aromatic N) is 1. The molecule has 0 bridgehead atoms. The fourth-order valence-corrected chi connectivity index (χ4v) is 2.51. The van der Waals surface area contributed by atoms with E-state index in [4.69, 9.17) is 11.6 Å². The maximum absolute atomic E-state index is 11.4. The lowest BCUT2D eigenvalue weighted by molar-refractivity contribution is -0.132. The highest BCUT2D eigenvalue weighted by Crippen LogP contribution is 2.37. The third kappa shape index (κ3) is 2.85. The number of alkyl halides is 1. The van der Waals surface area contributed by atoms with Gasteiger partial charge in [0.15, 0.2) is 0 Å². The SMILES string of the molecule is O=C(CCl)N1CC[C@H](O)[C@@H](CC2CC2)C1. The topological polar surface area (TPSA) is 40.5 Å². The van der Waals surface area contributed by atoms with Crippen LogP contribution in [0.15, 0.2) is 0 Å². The number of amides is 1. The zero-order valence-corrected chi connectivity index (χ0v) is 9.62. The molecule has 3 nitrogen and oxygen atoms in total. The number of aliphatic hydroxyl groups excluding tert-OH is 1. The summed E-state index contributed by atoms with van der Waals surface area (Å²) in [5, 5.41) is 9.85. The molecule has 1 aliphatic heterocycles. The van der Waals surface area contributed by atoms with Crippen molar-refractivity contribution in [3.63, 3.8) is 0 Å². The lowest BCUT2D eigenvalue weighted by atomic mass is 9.90. The van der Waals surface area contributed by atoms with Crippen molar-refractivity contribution in [2.75, 3.05) is 19.0 Å². The number of piperidine rings is 1. The summed E-state index contributed by atoms with van der Waals surface area (Å²) in [5.41, 5.74) is 0. The second-order valence-electron chi connectivity index (χ2n) is 4.77. The van der Waals surface area contributed by atoms with Crippen LogP contribution in [0.3, 0.4) is 0 Å². The largest absolute Gasteiger partial charge is 0.393 e. The average molecular weight is 232 g/mol. The molecule has 0 aromatic heterocycles.